The first-order chi connectivity index (χ1) is 9.57. The van der Waals surface area contributed by atoms with E-state index in [4.69, 9.17) is 6.42 Å². The third kappa shape index (κ3) is 3.83. The molecule has 1 N–H and O–H groups in total. The third-order valence-electron chi connectivity index (χ3n) is 3.23. The molecule has 1 fully saturated rings. The van der Waals surface area contributed by atoms with Crippen molar-refractivity contribution < 1.29 is 8.42 Å². The van der Waals surface area contributed by atoms with Crippen molar-refractivity contribution in [3.8, 4) is 12.3 Å². The fraction of sp³-hybridized carbons (Fsp3) is 0.571. The van der Waals surface area contributed by atoms with E-state index < -0.39 is 10.0 Å². The van der Waals surface area contributed by atoms with Gasteiger partial charge in [-0.3, -0.25) is 0 Å². The smallest absolute Gasteiger partial charge is 0.253 e. The molecule has 0 aromatic carbocycles. The molecule has 0 radical (unpaired) electrons. The zero-order valence-corrected chi connectivity index (χ0v) is 13.3. The fourth-order valence-electron chi connectivity index (χ4n) is 1.91. The van der Waals surface area contributed by atoms with Gasteiger partial charge < -0.3 is 5.32 Å². The highest BCUT2D eigenvalue weighted by Crippen LogP contribution is 2.25. The molecular formula is C14H20N2O2S2. The van der Waals surface area contributed by atoms with E-state index in [0.29, 0.717) is 16.8 Å². The predicted octanol–water partition coefficient (Wildman–Crippen LogP) is 1.69. The van der Waals surface area contributed by atoms with Gasteiger partial charge >= 0.3 is 0 Å². The lowest BCUT2D eigenvalue weighted by Gasteiger charge is -2.16. The van der Waals surface area contributed by atoms with Crippen LogP contribution < -0.4 is 5.32 Å². The molecule has 6 heteroatoms. The molecule has 0 bridgehead atoms. The van der Waals surface area contributed by atoms with Gasteiger partial charge in [0.25, 0.3) is 10.0 Å². The largest absolute Gasteiger partial charge is 0.314 e. The molecule has 0 amide bonds. The van der Waals surface area contributed by atoms with Crippen LogP contribution in [0.1, 0.15) is 24.6 Å². The summed E-state index contributed by atoms with van der Waals surface area (Å²) in [7, 11) is -3.43. The molecule has 1 aromatic heterocycles. The van der Waals surface area contributed by atoms with Crippen LogP contribution in [0, 0.1) is 12.3 Å². The quantitative estimate of drug-likeness (QED) is 0.743. The Morgan fingerprint density at radius 1 is 1.50 bits per heavy atom. The van der Waals surface area contributed by atoms with Crippen molar-refractivity contribution in [1.29, 1.82) is 0 Å². The van der Waals surface area contributed by atoms with Gasteiger partial charge in [0.1, 0.15) is 4.21 Å². The van der Waals surface area contributed by atoms with E-state index >= 15 is 0 Å². The second-order valence-electron chi connectivity index (χ2n) is 4.83. The van der Waals surface area contributed by atoms with Crippen molar-refractivity contribution in [1.82, 2.24) is 9.62 Å². The lowest BCUT2D eigenvalue weighted by Crippen LogP contribution is -2.30. The standard InChI is InChI=1S/C14H20N2O2S2/c1-3-11-16(4-2)20(17,18)14-8-7-13(19-14)9-10-15-12-5-6-12/h1,7-8,12,15H,4-6,9-11H2,2H3. The van der Waals surface area contributed by atoms with Crippen LogP contribution in [0.4, 0.5) is 0 Å². The van der Waals surface area contributed by atoms with Crippen molar-refractivity contribution >= 4 is 21.4 Å². The lowest BCUT2D eigenvalue weighted by molar-refractivity contribution is 0.466. The molecule has 1 aliphatic carbocycles. The highest BCUT2D eigenvalue weighted by atomic mass is 32.2. The van der Waals surface area contributed by atoms with Gasteiger partial charge in [-0.1, -0.05) is 12.8 Å². The molecule has 0 unspecified atom stereocenters. The molecule has 110 valence electrons. The number of sulfonamides is 1. The van der Waals surface area contributed by atoms with Gasteiger partial charge in [0.05, 0.1) is 6.54 Å². The Hall–Kier alpha value is -0.870. The Labute approximate surface area is 125 Å². The normalized spacial score (nSPS) is 15.4. The van der Waals surface area contributed by atoms with Crippen molar-refractivity contribution in [2.24, 2.45) is 0 Å². The Balaban J connectivity index is 2.00. The van der Waals surface area contributed by atoms with Crippen molar-refractivity contribution in [3.63, 3.8) is 0 Å². The first-order valence-corrected chi connectivity index (χ1v) is 9.09. The summed E-state index contributed by atoms with van der Waals surface area (Å²) in [6.45, 7) is 3.22. The van der Waals surface area contributed by atoms with E-state index in [0.717, 1.165) is 17.8 Å². The second-order valence-corrected chi connectivity index (χ2v) is 8.17. The molecule has 20 heavy (non-hydrogen) atoms. The van der Waals surface area contributed by atoms with Crippen LogP contribution in [0.2, 0.25) is 0 Å². The summed E-state index contributed by atoms with van der Waals surface area (Å²) in [6.07, 6.45) is 8.63. The van der Waals surface area contributed by atoms with Gasteiger partial charge in [0.15, 0.2) is 0 Å². The number of hydrogen-bond donors (Lipinski definition) is 1. The van der Waals surface area contributed by atoms with Gasteiger partial charge in [-0.2, -0.15) is 4.31 Å². The van der Waals surface area contributed by atoms with E-state index in [1.54, 1.807) is 13.0 Å². The Bertz CT molecular complexity index is 583. The molecule has 4 nitrogen and oxygen atoms in total. The molecule has 2 rings (SSSR count). The zero-order chi connectivity index (χ0) is 14.6. The van der Waals surface area contributed by atoms with E-state index in [1.165, 1.54) is 28.5 Å². The van der Waals surface area contributed by atoms with E-state index in [-0.39, 0.29) is 6.54 Å². The summed E-state index contributed by atoms with van der Waals surface area (Å²) in [5, 5.41) is 3.43. The maximum atomic E-state index is 12.4. The topological polar surface area (TPSA) is 49.4 Å². The van der Waals surface area contributed by atoms with Crippen molar-refractivity contribution in [2.75, 3.05) is 19.6 Å². The summed E-state index contributed by atoms with van der Waals surface area (Å²) < 4.78 is 26.5. The van der Waals surface area contributed by atoms with Crippen LogP contribution >= 0.6 is 11.3 Å². The van der Waals surface area contributed by atoms with Gasteiger partial charge in [-0.05, 0) is 31.4 Å². The average Bonchev–Trinajstić information content (AvgIpc) is 3.11. The van der Waals surface area contributed by atoms with Gasteiger partial charge in [-0.25, -0.2) is 8.42 Å². The minimum atomic E-state index is -3.43. The van der Waals surface area contributed by atoms with Crippen molar-refractivity contribution in [3.05, 3.63) is 17.0 Å². The van der Waals surface area contributed by atoms with E-state index in [2.05, 4.69) is 11.2 Å². The average molecular weight is 312 g/mol. The molecule has 0 spiro atoms. The van der Waals surface area contributed by atoms with E-state index in [1.807, 2.05) is 6.07 Å². The third-order valence-corrected chi connectivity index (χ3v) is 6.77. The van der Waals surface area contributed by atoms with Gasteiger partial charge in [-0.15, -0.1) is 17.8 Å². The number of nitrogens with one attached hydrogen (secondary N) is 1. The number of terminal acetylenes is 1. The Morgan fingerprint density at radius 3 is 2.85 bits per heavy atom. The molecule has 0 aliphatic heterocycles. The molecule has 0 atom stereocenters. The highest BCUT2D eigenvalue weighted by Gasteiger charge is 2.24. The number of nitrogens with zero attached hydrogens (tertiary/aromatic N) is 1. The maximum Gasteiger partial charge on any atom is 0.253 e. The molecule has 1 aliphatic rings. The number of thiophene rings is 1. The number of hydrogen-bond acceptors (Lipinski definition) is 4. The molecule has 1 aromatic rings. The predicted molar refractivity (Wildman–Crippen MR) is 82.3 cm³/mol. The Kier molecular flexibility index (Phi) is 5.22. The van der Waals surface area contributed by atoms with Crippen LogP contribution in [0.5, 0.6) is 0 Å². The minimum Gasteiger partial charge on any atom is -0.314 e. The first kappa shape index (κ1) is 15.5. The van der Waals surface area contributed by atoms with Crippen molar-refractivity contribution in [2.45, 2.75) is 36.4 Å². The first-order valence-electron chi connectivity index (χ1n) is 6.83. The summed E-state index contributed by atoms with van der Waals surface area (Å²) in [5.74, 6) is 2.40. The number of rotatable bonds is 8. The maximum absolute atomic E-state index is 12.4. The van der Waals surface area contributed by atoms with Crippen LogP contribution in [-0.2, 0) is 16.4 Å². The van der Waals surface area contributed by atoms with Gasteiger partial charge in [0.2, 0.25) is 0 Å². The molecule has 1 heterocycles. The van der Waals surface area contributed by atoms with Gasteiger partial charge in [0, 0.05) is 24.0 Å². The highest BCUT2D eigenvalue weighted by molar-refractivity contribution is 7.91. The minimum absolute atomic E-state index is 0.120. The summed E-state index contributed by atoms with van der Waals surface area (Å²) in [5.41, 5.74) is 0. The second kappa shape index (κ2) is 6.72. The van der Waals surface area contributed by atoms with E-state index in [9.17, 15) is 8.42 Å². The summed E-state index contributed by atoms with van der Waals surface area (Å²) in [6, 6.07) is 4.27. The monoisotopic (exact) mass is 312 g/mol. The fourth-order valence-corrected chi connectivity index (χ4v) is 4.79. The summed E-state index contributed by atoms with van der Waals surface area (Å²) >= 11 is 1.34. The molecule has 0 saturated heterocycles. The van der Waals surface area contributed by atoms with Crippen LogP contribution in [-0.4, -0.2) is 38.4 Å². The zero-order valence-electron chi connectivity index (χ0n) is 11.6. The lowest BCUT2D eigenvalue weighted by atomic mass is 10.3. The van der Waals surface area contributed by atoms with Crippen LogP contribution in [0.15, 0.2) is 16.3 Å². The SMILES string of the molecule is C#CCN(CC)S(=O)(=O)c1ccc(CCNC2CC2)s1. The Morgan fingerprint density at radius 2 is 2.25 bits per heavy atom. The van der Waals surface area contributed by atoms with Crippen LogP contribution in [0.3, 0.4) is 0 Å². The molecular weight excluding hydrogens is 292 g/mol. The van der Waals surface area contributed by atoms with Crippen LogP contribution in [0.25, 0.3) is 0 Å². The summed E-state index contributed by atoms with van der Waals surface area (Å²) in [4.78, 5) is 1.09. The molecule has 1 saturated carbocycles.